The second-order valence-electron chi connectivity index (χ2n) is 6.15. The lowest BCUT2D eigenvalue weighted by Crippen LogP contribution is -2.39. The fourth-order valence-electron chi connectivity index (χ4n) is 2.98. The molecule has 1 N–H and O–H groups in total. The van der Waals surface area contributed by atoms with Crippen LogP contribution in [0, 0.1) is 11.7 Å². The molecule has 1 aromatic rings. The number of carbonyl (C=O) groups excluding carboxylic acids is 2. The van der Waals surface area contributed by atoms with Crippen LogP contribution in [0.3, 0.4) is 0 Å². The van der Waals surface area contributed by atoms with Crippen molar-refractivity contribution in [2.45, 2.75) is 32.1 Å². The van der Waals surface area contributed by atoms with Gasteiger partial charge in [0.25, 0.3) is 0 Å². The molecule has 0 bridgehead atoms. The summed E-state index contributed by atoms with van der Waals surface area (Å²) in [7, 11) is 1.96. The molecule has 0 spiro atoms. The normalized spacial score (nSPS) is 15.7. The average molecular weight is 320 g/mol. The van der Waals surface area contributed by atoms with E-state index in [2.05, 4.69) is 5.32 Å². The summed E-state index contributed by atoms with van der Waals surface area (Å²) in [6.45, 7) is 2.60. The Hall–Kier alpha value is -1.75. The SMILES string of the molecule is CNCCC1CCN(C(=O)CCC(=O)c2ccc(F)cc2)CC1. The van der Waals surface area contributed by atoms with E-state index in [9.17, 15) is 14.0 Å². The molecule has 1 amide bonds. The lowest BCUT2D eigenvalue weighted by Gasteiger charge is -2.32. The monoisotopic (exact) mass is 320 g/mol. The number of rotatable bonds is 7. The van der Waals surface area contributed by atoms with E-state index in [1.54, 1.807) is 0 Å². The first-order valence-electron chi connectivity index (χ1n) is 8.31. The van der Waals surface area contributed by atoms with Crippen LogP contribution >= 0.6 is 0 Å². The number of benzene rings is 1. The Morgan fingerprint density at radius 3 is 2.43 bits per heavy atom. The Labute approximate surface area is 137 Å². The van der Waals surface area contributed by atoms with Crippen molar-refractivity contribution in [3.05, 3.63) is 35.6 Å². The number of halogens is 1. The van der Waals surface area contributed by atoms with Crippen LogP contribution in [-0.4, -0.2) is 43.3 Å². The molecule has 1 saturated heterocycles. The van der Waals surface area contributed by atoms with Gasteiger partial charge in [0, 0.05) is 31.5 Å². The first-order chi connectivity index (χ1) is 11.1. The van der Waals surface area contributed by atoms with Gasteiger partial charge in [-0.25, -0.2) is 4.39 Å². The minimum Gasteiger partial charge on any atom is -0.343 e. The number of Topliss-reactive ketones (excluding diaryl/α,β-unsaturated/α-hetero) is 1. The fraction of sp³-hybridized carbons (Fsp3) is 0.556. The zero-order valence-electron chi connectivity index (χ0n) is 13.7. The van der Waals surface area contributed by atoms with E-state index >= 15 is 0 Å². The number of nitrogens with zero attached hydrogens (tertiary/aromatic N) is 1. The Kier molecular flexibility index (Phi) is 6.71. The molecule has 4 nitrogen and oxygen atoms in total. The van der Waals surface area contributed by atoms with Crippen LogP contribution in [0.2, 0.25) is 0 Å². The Bertz CT molecular complexity index is 522. The summed E-state index contributed by atoms with van der Waals surface area (Å²) in [6.07, 6.45) is 3.65. The first-order valence-corrected chi connectivity index (χ1v) is 8.31. The van der Waals surface area contributed by atoms with Crippen molar-refractivity contribution in [2.24, 2.45) is 5.92 Å². The smallest absolute Gasteiger partial charge is 0.223 e. The van der Waals surface area contributed by atoms with Crippen LogP contribution < -0.4 is 5.32 Å². The predicted molar refractivity (Wildman–Crippen MR) is 87.8 cm³/mol. The number of amides is 1. The van der Waals surface area contributed by atoms with Gasteiger partial charge in [-0.15, -0.1) is 0 Å². The van der Waals surface area contributed by atoms with Crippen molar-refractivity contribution in [1.82, 2.24) is 10.2 Å². The van der Waals surface area contributed by atoms with Gasteiger partial charge in [-0.2, -0.15) is 0 Å². The molecule has 0 radical (unpaired) electrons. The van der Waals surface area contributed by atoms with Crippen LogP contribution in [0.25, 0.3) is 0 Å². The quantitative estimate of drug-likeness (QED) is 0.786. The molecule has 0 atom stereocenters. The van der Waals surface area contributed by atoms with Gasteiger partial charge < -0.3 is 10.2 Å². The van der Waals surface area contributed by atoms with Crippen molar-refractivity contribution in [1.29, 1.82) is 0 Å². The van der Waals surface area contributed by atoms with Gasteiger partial charge in [0.15, 0.2) is 5.78 Å². The van der Waals surface area contributed by atoms with E-state index < -0.39 is 0 Å². The number of nitrogens with one attached hydrogen (secondary N) is 1. The molecule has 0 saturated carbocycles. The maximum Gasteiger partial charge on any atom is 0.223 e. The van der Waals surface area contributed by atoms with Crippen LogP contribution in [0.5, 0.6) is 0 Å². The van der Waals surface area contributed by atoms with Crippen molar-refractivity contribution in [2.75, 3.05) is 26.7 Å². The van der Waals surface area contributed by atoms with Crippen LogP contribution in [0.15, 0.2) is 24.3 Å². The zero-order valence-corrected chi connectivity index (χ0v) is 13.7. The largest absolute Gasteiger partial charge is 0.343 e. The molecule has 2 rings (SSSR count). The number of ketones is 1. The van der Waals surface area contributed by atoms with Crippen LogP contribution in [0.4, 0.5) is 4.39 Å². The van der Waals surface area contributed by atoms with E-state index in [1.165, 1.54) is 24.3 Å². The third kappa shape index (κ3) is 5.43. The van der Waals surface area contributed by atoms with Crippen molar-refractivity contribution >= 4 is 11.7 Å². The number of carbonyl (C=O) groups is 2. The van der Waals surface area contributed by atoms with Crippen molar-refractivity contribution < 1.29 is 14.0 Å². The van der Waals surface area contributed by atoms with Gasteiger partial charge in [0.1, 0.15) is 5.82 Å². The summed E-state index contributed by atoms with van der Waals surface area (Å²) >= 11 is 0. The Morgan fingerprint density at radius 1 is 1.17 bits per heavy atom. The summed E-state index contributed by atoms with van der Waals surface area (Å²) in [5.74, 6) is 0.265. The third-order valence-corrected chi connectivity index (χ3v) is 4.50. The second kappa shape index (κ2) is 8.77. The number of likely N-dealkylation sites (tertiary alicyclic amines) is 1. The van der Waals surface area contributed by atoms with Crippen molar-refractivity contribution in [3.63, 3.8) is 0 Å². The summed E-state index contributed by atoms with van der Waals surface area (Å²) < 4.78 is 12.8. The Balaban J connectivity index is 1.73. The van der Waals surface area contributed by atoms with E-state index in [4.69, 9.17) is 0 Å². The minimum atomic E-state index is -0.362. The summed E-state index contributed by atoms with van der Waals surface area (Å²) in [5.41, 5.74) is 0.463. The zero-order chi connectivity index (χ0) is 16.7. The Morgan fingerprint density at radius 2 is 1.83 bits per heavy atom. The summed E-state index contributed by atoms with van der Waals surface area (Å²) in [4.78, 5) is 26.1. The van der Waals surface area contributed by atoms with Gasteiger partial charge in [0.05, 0.1) is 0 Å². The number of piperidine rings is 1. The molecule has 0 unspecified atom stereocenters. The molecule has 1 aliphatic heterocycles. The highest BCUT2D eigenvalue weighted by Gasteiger charge is 2.22. The van der Waals surface area contributed by atoms with E-state index in [-0.39, 0.29) is 30.3 Å². The summed E-state index contributed by atoms with van der Waals surface area (Å²) in [5, 5.41) is 3.16. The van der Waals surface area contributed by atoms with Gasteiger partial charge in [-0.1, -0.05) is 0 Å². The molecule has 1 aromatic carbocycles. The van der Waals surface area contributed by atoms with Gasteiger partial charge in [-0.05, 0) is 63.0 Å². The molecule has 1 fully saturated rings. The van der Waals surface area contributed by atoms with Crippen LogP contribution in [0.1, 0.15) is 42.5 Å². The fourth-order valence-corrected chi connectivity index (χ4v) is 2.98. The molecular formula is C18H25FN2O2. The van der Waals surface area contributed by atoms with Crippen molar-refractivity contribution in [3.8, 4) is 0 Å². The lowest BCUT2D eigenvalue weighted by molar-refractivity contribution is -0.132. The highest BCUT2D eigenvalue weighted by atomic mass is 19.1. The maximum atomic E-state index is 12.8. The lowest BCUT2D eigenvalue weighted by atomic mass is 9.93. The molecule has 23 heavy (non-hydrogen) atoms. The second-order valence-corrected chi connectivity index (χ2v) is 6.15. The van der Waals surface area contributed by atoms with E-state index in [0.29, 0.717) is 11.5 Å². The van der Waals surface area contributed by atoms with E-state index in [1.807, 2.05) is 11.9 Å². The number of hydrogen-bond donors (Lipinski definition) is 1. The third-order valence-electron chi connectivity index (χ3n) is 4.50. The van der Waals surface area contributed by atoms with Gasteiger partial charge >= 0.3 is 0 Å². The topological polar surface area (TPSA) is 49.4 Å². The minimum absolute atomic E-state index is 0.0486. The molecule has 0 aliphatic carbocycles. The molecule has 5 heteroatoms. The first kappa shape index (κ1) is 17.6. The van der Waals surface area contributed by atoms with Gasteiger partial charge in [0.2, 0.25) is 5.91 Å². The van der Waals surface area contributed by atoms with Gasteiger partial charge in [-0.3, -0.25) is 9.59 Å². The highest BCUT2D eigenvalue weighted by Crippen LogP contribution is 2.21. The van der Waals surface area contributed by atoms with Crippen LogP contribution in [-0.2, 0) is 4.79 Å². The molecule has 1 aliphatic rings. The number of hydrogen-bond acceptors (Lipinski definition) is 3. The molecular weight excluding hydrogens is 295 g/mol. The molecule has 0 aromatic heterocycles. The summed E-state index contributed by atoms with van der Waals surface area (Å²) in [6, 6.07) is 5.47. The van der Waals surface area contributed by atoms with E-state index in [0.717, 1.165) is 38.9 Å². The maximum absolute atomic E-state index is 12.8. The molecule has 1 heterocycles. The standard InChI is InChI=1S/C18H25FN2O2/c1-20-11-8-14-9-12-21(13-10-14)18(23)7-6-17(22)15-2-4-16(19)5-3-15/h2-5,14,20H,6-13H2,1H3. The predicted octanol–water partition coefficient (Wildman–Crippen LogP) is 2.64. The highest BCUT2D eigenvalue weighted by molar-refractivity contribution is 5.97. The molecule has 126 valence electrons. The average Bonchev–Trinajstić information content (AvgIpc) is 2.58.